The molecule has 14 heavy (non-hydrogen) atoms. The summed E-state index contributed by atoms with van der Waals surface area (Å²) in [4.78, 5) is 7.06. The molecule has 78 valence electrons. The van der Waals surface area contributed by atoms with Gasteiger partial charge in [-0.2, -0.15) is 13.2 Å². The quantitative estimate of drug-likeness (QED) is 0.722. The lowest BCUT2D eigenvalue weighted by atomic mass is 10.3. The molecule has 0 amide bonds. The zero-order valence-electron chi connectivity index (χ0n) is 7.35. The van der Waals surface area contributed by atoms with Crippen LogP contribution in [0.4, 0.5) is 13.2 Å². The van der Waals surface area contributed by atoms with Gasteiger partial charge in [-0.15, -0.1) is 11.6 Å². The monoisotopic (exact) mass is 224 g/mol. The van der Waals surface area contributed by atoms with Crippen molar-refractivity contribution in [2.45, 2.75) is 24.9 Å². The molecule has 0 saturated carbocycles. The predicted molar refractivity (Wildman–Crippen MR) is 46.1 cm³/mol. The highest BCUT2D eigenvalue weighted by atomic mass is 35.5. The lowest BCUT2D eigenvalue weighted by Gasteiger charge is -2.07. The van der Waals surface area contributed by atoms with Crippen molar-refractivity contribution in [1.82, 2.24) is 9.97 Å². The number of hydrogen-bond donors (Lipinski definition) is 0. The maximum Gasteiger partial charge on any atom is 0.433 e. The number of nitrogens with zero attached hydrogens (tertiary/aromatic N) is 2. The average Bonchev–Trinajstić information content (AvgIpc) is 2.01. The highest BCUT2D eigenvalue weighted by molar-refractivity contribution is 6.20. The van der Waals surface area contributed by atoms with E-state index in [0.29, 0.717) is 0 Å². The molecule has 1 unspecified atom stereocenters. The Hall–Kier alpha value is -0.840. The van der Waals surface area contributed by atoms with Crippen molar-refractivity contribution in [3.05, 3.63) is 23.8 Å². The SMILES string of the molecule is CC(Cl)Cc1nccc(C(F)(F)F)n1. The molecule has 0 spiro atoms. The van der Waals surface area contributed by atoms with E-state index in [1.54, 1.807) is 6.92 Å². The molecule has 0 aliphatic heterocycles. The third-order valence-electron chi connectivity index (χ3n) is 1.46. The van der Waals surface area contributed by atoms with Crippen LogP contribution in [-0.2, 0) is 12.6 Å². The molecule has 0 saturated heterocycles. The molecule has 2 nitrogen and oxygen atoms in total. The van der Waals surface area contributed by atoms with Crippen LogP contribution in [0.15, 0.2) is 12.3 Å². The van der Waals surface area contributed by atoms with Crippen molar-refractivity contribution in [3.63, 3.8) is 0 Å². The van der Waals surface area contributed by atoms with Gasteiger partial charge in [-0.3, -0.25) is 0 Å². The first kappa shape index (κ1) is 11.2. The van der Waals surface area contributed by atoms with Crippen LogP contribution in [0.25, 0.3) is 0 Å². The minimum atomic E-state index is -4.42. The number of alkyl halides is 4. The van der Waals surface area contributed by atoms with E-state index in [4.69, 9.17) is 11.6 Å². The molecule has 1 heterocycles. The molecule has 1 atom stereocenters. The summed E-state index contributed by atoms with van der Waals surface area (Å²) >= 11 is 5.62. The number of halogens is 4. The molecule has 0 aliphatic carbocycles. The lowest BCUT2D eigenvalue weighted by Crippen LogP contribution is -2.12. The fourth-order valence-corrected chi connectivity index (χ4v) is 1.04. The van der Waals surface area contributed by atoms with Gasteiger partial charge in [0.1, 0.15) is 11.5 Å². The van der Waals surface area contributed by atoms with Crippen LogP contribution in [0.5, 0.6) is 0 Å². The molecule has 1 rings (SSSR count). The highest BCUT2D eigenvalue weighted by Gasteiger charge is 2.32. The van der Waals surface area contributed by atoms with E-state index in [9.17, 15) is 13.2 Å². The van der Waals surface area contributed by atoms with Crippen LogP contribution in [0.2, 0.25) is 0 Å². The summed E-state index contributed by atoms with van der Waals surface area (Å²) in [5.74, 6) is 0.113. The van der Waals surface area contributed by atoms with E-state index in [2.05, 4.69) is 9.97 Å². The van der Waals surface area contributed by atoms with E-state index < -0.39 is 11.9 Å². The van der Waals surface area contributed by atoms with Gasteiger partial charge in [0.05, 0.1) is 0 Å². The Morgan fingerprint density at radius 2 is 2.14 bits per heavy atom. The molecule has 0 aromatic carbocycles. The van der Waals surface area contributed by atoms with Crippen molar-refractivity contribution in [2.24, 2.45) is 0 Å². The molecule has 0 fully saturated rings. The molecule has 0 bridgehead atoms. The Labute approximate surface area is 84.1 Å². The third-order valence-corrected chi connectivity index (χ3v) is 1.61. The van der Waals surface area contributed by atoms with Crippen LogP contribution in [0.1, 0.15) is 18.4 Å². The van der Waals surface area contributed by atoms with Gasteiger partial charge in [0.2, 0.25) is 0 Å². The Morgan fingerprint density at radius 1 is 1.50 bits per heavy atom. The first-order chi connectivity index (χ1) is 6.39. The number of hydrogen-bond acceptors (Lipinski definition) is 2. The van der Waals surface area contributed by atoms with Crippen molar-refractivity contribution in [2.75, 3.05) is 0 Å². The zero-order valence-corrected chi connectivity index (χ0v) is 8.10. The highest BCUT2D eigenvalue weighted by Crippen LogP contribution is 2.27. The second-order valence-electron chi connectivity index (χ2n) is 2.84. The standard InChI is InChI=1S/C8H8ClF3N2/c1-5(9)4-7-13-3-2-6(14-7)8(10,11)12/h2-3,5H,4H2,1H3. The van der Waals surface area contributed by atoms with Gasteiger partial charge < -0.3 is 0 Å². The molecule has 6 heteroatoms. The largest absolute Gasteiger partial charge is 0.433 e. The van der Waals surface area contributed by atoms with Crippen LogP contribution in [-0.4, -0.2) is 15.3 Å². The van der Waals surface area contributed by atoms with Crippen molar-refractivity contribution in [3.8, 4) is 0 Å². The molecule has 0 radical (unpaired) electrons. The Morgan fingerprint density at radius 3 is 2.64 bits per heavy atom. The molecular formula is C8H8ClF3N2. The Balaban J connectivity index is 2.90. The van der Waals surface area contributed by atoms with Gasteiger partial charge in [-0.25, -0.2) is 9.97 Å². The zero-order chi connectivity index (χ0) is 10.8. The van der Waals surface area contributed by atoms with E-state index in [0.717, 1.165) is 12.3 Å². The molecule has 0 N–H and O–H groups in total. The topological polar surface area (TPSA) is 25.8 Å². The smallest absolute Gasteiger partial charge is 0.241 e. The van der Waals surface area contributed by atoms with E-state index in [-0.39, 0.29) is 17.6 Å². The van der Waals surface area contributed by atoms with Crippen LogP contribution in [0, 0.1) is 0 Å². The van der Waals surface area contributed by atoms with Crippen molar-refractivity contribution in [1.29, 1.82) is 0 Å². The molecular weight excluding hydrogens is 217 g/mol. The summed E-state index contributed by atoms with van der Waals surface area (Å²) in [5.41, 5.74) is -0.931. The first-order valence-electron chi connectivity index (χ1n) is 3.93. The van der Waals surface area contributed by atoms with Gasteiger partial charge in [-0.1, -0.05) is 0 Å². The minimum absolute atomic E-state index is 0.113. The van der Waals surface area contributed by atoms with Gasteiger partial charge in [0.15, 0.2) is 0 Å². The van der Waals surface area contributed by atoms with Gasteiger partial charge in [0, 0.05) is 18.0 Å². The third kappa shape index (κ3) is 3.14. The summed E-state index contributed by atoms with van der Waals surface area (Å²) in [6.45, 7) is 1.67. The first-order valence-corrected chi connectivity index (χ1v) is 4.36. The van der Waals surface area contributed by atoms with E-state index in [1.807, 2.05) is 0 Å². The number of aromatic nitrogens is 2. The molecule has 1 aromatic heterocycles. The summed E-state index contributed by atoms with van der Waals surface area (Å²) < 4.78 is 36.5. The number of rotatable bonds is 2. The fourth-order valence-electron chi connectivity index (χ4n) is 0.907. The summed E-state index contributed by atoms with van der Waals surface area (Å²) in [7, 11) is 0. The van der Waals surface area contributed by atoms with Crippen molar-refractivity contribution < 1.29 is 13.2 Å². The molecule has 1 aromatic rings. The van der Waals surface area contributed by atoms with Crippen LogP contribution >= 0.6 is 11.6 Å². The summed E-state index contributed by atoms with van der Waals surface area (Å²) in [5, 5.41) is -0.279. The van der Waals surface area contributed by atoms with Crippen molar-refractivity contribution >= 4 is 11.6 Å². The maximum atomic E-state index is 12.2. The van der Waals surface area contributed by atoms with Crippen LogP contribution in [0.3, 0.4) is 0 Å². The lowest BCUT2D eigenvalue weighted by molar-refractivity contribution is -0.141. The van der Waals surface area contributed by atoms with Gasteiger partial charge >= 0.3 is 6.18 Å². The van der Waals surface area contributed by atoms with Crippen LogP contribution < -0.4 is 0 Å². The normalized spacial score (nSPS) is 14.1. The van der Waals surface area contributed by atoms with Gasteiger partial charge in [0.25, 0.3) is 0 Å². The summed E-state index contributed by atoms with van der Waals surface area (Å²) in [6, 6.07) is 0.836. The van der Waals surface area contributed by atoms with E-state index >= 15 is 0 Å². The Bertz CT molecular complexity index is 312. The predicted octanol–water partition coefficient (Wildman–Crippen LogP) is 2.67. The second-order valence-corrected chi connectivity index (χ2v) is 3.59. The average molecular weight is 225 g/mol. The maximum absolute atomic E-state index is 12.2. The molecule has 0 aliphatic rings. The van der Waals surface area contributed by atoms with Gasteiger partial charge in [-0.05, 0) is 13.0 Å². The fraction of sp³-hybridized carbons (Fsp3) is 0.500. The van der Waals surface area contributed by atoms with E-state index in [1.165, 1.54) is 0 Å². The second kappa shape index (κ2) is 4.13. The minimum Gasteiger partial charge on any atom is -0.241 e. The summed E-state index contributed by atoms with van der Waals surface area (Å²) in [6.07, 6.45) is -3.11. The Kier molecular flexibility index (Phi) is 3.31.